The molecule has 10 rings (SSSR count). The fourth-order valence-electron chi connectivity index (χ4n) is 10.3. The molecule has 3 atom stereocenters. The molecule has 5 aromatic rings. The predicted octanol–water partition coefficient (Wildman–Crippen LogP) is 8.02. The van der Waals surface area contributed by atoms with Crippen LogP contribution in [0, 0.1) is 23.0 Å². The zero-order valence-corrected chi connectivity index (χ0v) is 37.4. The molecule has 0 radical (unpaired) electrons. The minimum absolute atomic E-state index is 0.204. The normalized spacial score (nSPS) is 21.6. The monoisotopic (exact) mass is 911 g/mol. The maximum atomic E-state index is 15.9. The smallest absolute Gasteiger partial charge is 0.240 e. The molecule has 5 heterocycles. The van der Waals surface area contributed by atoms with Crippen LogP contribution in [0.4, 0.5) is 25.8 Å². The number of imide groups is 1. The molecule has 4 amide bonds. The summed E-state index contributed by atoms with van der Waals surface area (Å²) >= 11 is 0. The number of halogens is 2. The third-order valence-corrected chi connectivity index (χ3v) is 14.4. The summed E-state index contributed by atoms with van der Waals surface area (Å²) in [5.74, 6) is 0.0295. The third-order valence-electron chi connectivity index (χ3n) is 14.4. The molecule has 4 aromatic carbocycles. The minimum Gasteiger partial charge on any atom is -0.494 e. The van der Waals surface area contributed by atoms with Crippen molar-refractivity contribution in [1.82, 2.24) is 20.1 Å². The van der Waals surface area contributed by atoms with Crippen LogP contribution in [0.2, 0.25) is 0 Å². The summed E-state index contributed by atoms with van der Waals surface area (Å²) in [7, 11) is 0. The van der Waals surface area contributed by atoms with Gasteiger partial charge < -0.3 is 25.0 Å². The number of hydrogen-bond donors (Lipinski definition) is 3. The van der Waals surface area contributed by atoms with Gasteiger partial charge >= 0.3 is 0 Å². The Labute approximate surface area is 388 Å². The molecule has 15 heteroatoms. The van der Waals surface area contributed by atoms with E-state index in [9.17, 15) is 23.6 Å². The van der Waals surface area contributed by atoms with Gasteiger partial charge in [-0.3, -0.25) is 39.3 Å². The van der Waals surface area contributed by atoms with Crippen molar-refractivity contribution in [3.8, 4) is 17.2 Å². The fourth-order valence-corrected chi connectivity index (χ4v) is 10.3. The summed E-state index contributed by atoms with van der Waals surface area (Å²) in [5.41, 5.74) is 1.84. The number of fused-ring (bicyclic) bond motifs is 3. The number of pyridine rings is 1. The molecule has 2 bridgehead atoms. The molecule has 1 saturated carbocycles. The van der Waals surface area contributed by atoms with Gasteiger partial charge in [0.05, 0.1) is 23.7 Å². The Balaban J connectivity index is 0.652. The lowest BCUT2D eigenvalue weighted by Gasteiger charge is -2.39. The molecule has 3 N–H and O–H groups in total. The van der Waals surface area contributed by atoms with Gasteiger partial charge in [-0.15, -0.1) is 0 Å². The number of aromatic nitrogens is 1. The van der Waals surface area contributed by atoms with Crippen LogP contribution in [0.25, 0.3) is 10.9 Å². The van der Waals surface area contributed by atoms with Gasteiger partial charge in [0.2, 0.25) is 23.6 Å². The van der Waals surface area contributed by atoms with E-state index in [2.05, 4.69) is 35.6 Å². The Morgan fingerprint density at radius 3 is 2.13 bits per heavy atom. The van der Waals surface area contributed by atoms with Gasteiger partial charge in [-0.25, -0.2) is 8.78 Å². The van der Waals surface area contributed by atoms with Gasteiger partial charge in [0, 0.05) is 74.2 Å². The highest BCUT2D eigenvalue weighted by Crippen LogP contribution is 2.48. The second-order valence-corrected chi connectivity index (χ2v) is 18.8. The number of nitrogens with one attached hydrogen (secondary N) is 3. The quantitative estimate of drug-likeness (QED) is 0.0506. The summed E-state index contributed by atoms with van der Waals surface area (Å²) in [5, 5.41) is 8.54. The van der Waals surface area contributed by atoms with E-state index in [1.807, 2.05) is 30.3 Å². The number of piperidine rings is 2. The largest absolute Gasteiger partial charge is 0.494 e. The number of rotatable bonds is 16. The van der Waals surface area contributed by atoms with Crippen molar-refractivity contribution in [2.45, 2.75) is 75.8 Å². The predicted molar refractivity (Wildman–Crippen MR) is 250 cm³/mol. The van der Waals surface area contributed by atoms with Crippen LogP contribution in [-0.4, -0.2) is 96.4 Å². The van der Waals surface area contributed by atoms with E-state index in [0.717, 1.165) is 76.3 Å². The zero-order chi connectivity index (χ0) is 46.1. The van der Waals surface area contributed by atoms with Gasteiger partial charge in [0.1, 0.15) is 34.3 Å². The molecule has 1 aliphatic carbocycles. The summed E-state index contributed by atoms with van der Waals surface area (Å²) in [6.07, 6.45) is 8.68. The van der Waals surface area contributed by atoms with Gasteiger partial charge in [0.15, 0.2) is 0 Å². The molecule has 67 heavy (non-hydrogen) atoms. The highest BCUT2D eigenvalue weighted by Gasteiger charge is 2.56. The van der Waals surface area contributed by atoms with Crippen LogP contribution in [-0.2, 0) is 19.2 Å². The van der Waals surface area contributed by atoms with E-state index in [0.29, 0.717) is 89.8 Å². The highest BCUT2D eigenvalue weighted by atomic mass is 19.1. The third kappa shape index (κ3) is 9.84. The zero-order valence-electron chi connectivity index (χ0n) is 37.4. The van der Waals surface area contributed by atoms with Crippen molar-refractivity contribution in [1.29, 1.82) is 0 Å². The first-order chi connectivity index (χ1) is 32.6. The number of likely N-dealkylation sites (tertiary alicyclic amines) is 2. The molecular weight excluding hydrogens is 857 g/mol. The number of piperazine rings is 1. The van der Waals surface area contributed by atoms with Crippen LogP contribution in [0.1, 0.15) is 69.3 Å². The van der Waals surface area contributed by atoms with Crippen LogP contribution >= 0.6 is 0 Å². The first-order valence-electron chi connectivity index (χ1n) is 23.6. The van der Waals surface area contributed by atoms with Crippen LogP contribution in [0.5, 0.6) is 17.2 Å². The molecule has 1 aromatic heterocycles. The van der Waals surface area contributed by atoms with Gasteiger partial charge in [-0.05, 0) is 148 Å². The summed E-state index contributed by atoms with van der Waals surface area (Å²) in [6.45, 7) is 6.60. The second kappa shape index (κ2) is 19.0. The molecule has 5 fully saturated rings. The van der Waals surface area contributed by atoms with Crippen molar-refractivity contribution < 1.29 is 37.4 Å². The van der Waals surface area contributed by atoms with Crippen LogP contribution in [0.3, 0.4) is 0 Å². The average Bonchev–Trinajstić information content (AvgIpc) is 3.94. The highest BCUT2D eigenvalue weighted by molar-refractivity contribution is 6.17. The van der Waals surface area contributed by atoms with E-state index < -0.39 is 23.0 Å². The molecule has 0 spiro atoms. The van der Waals surface area contributed by atoms with Gasteiger partial charge in [-0.2, -0.15) is 0 Å². The number of nitrogens with zero attached hydrogens (tertiary/aromatic N) is 4. The maximum absolute atomic E-state index is 15.9. The van der Waals surface area contributed by atoms with Gasteiger partial charge in [0.25, 0.3) is 0 Å². The Morgan fingerprint density at radius 1 is 0.791 bits per heavy atom. The van der Waals surface area contributed by atoms with Crippen molar-refractivity contribution in [2.24, 2.45) is 11.3 Å². The number of ether oxygens (including phenoxy) is 2. The molecular formula is C52H55F2N7O6. The summed E-state index contributed by atoms with van der Waals surface area (Å²) < 4.78 is 41.4. The molecule has 13 nitrogen and oxygen atoms in total. The van der Waals surface area contributed by atoms with Crippen molar-refractivity contribution >= 4 is 51.6 Å². The number of unbranched alkanes of at least 4 members (excludes halogenated alkanes) is 1. The van der Waals surface area contributed by atoms with E-state index in [-0.39, 0.29) is 23.5 Å². The number of carbonyl (C=O) groups is 4. The number of carbonyl (C=O) groups excluding carboxylic acids is 4. The molecule has 4 saturated heterocycles. The number of amides is 4. The summed E-state index contributed by atoms with van der Waals surface area (Å²) in [6, 6.07) is 26.1. The van der Waals surface area contributed by atoms with Crippen molar-refractivity contribution in [3.63, 3.8) is 0 Å². The molecule has 5 aliphatic rings. The van der Waals surface area contributed by atoms with E-state index >= 15 is 4.39 Å². The van der Waals surface area contributed by atoms with Gasteiger partial charge in [-0.1, -0.05) is 12.1 Å². The molecule has 348 valence electrons. The molecule has 1 unspecified atom stereocenters. The van der Waals surface area contributed by atoms with Crippen molar-refractivity contribution in [3.05, 3.63) is 114 Å². The number of hydrogen-bond acceptors (Lipinski definition) is 10. The Kier molecular flexibility index (Phi) is 12.6. The SMILES string of the molecule is O=C1CCC(c2ccc(OCCCCN3C[C@@H]4C[C@H]3CN4CC3CCN(c4cc5nccc(Oc6ccc(NC(=O)C7(C(=O)Nc8ccc(F)cc8)CC7)cc6)c5cc4F)CC3)cc2)C(=O)N1. The lowest BCUT2D eigenvalue weighted by atomic mass is 9.90. The lowest BCUT2D eigenvalue weighted by molar-refractivity contribution is -0.134. The first-order valence-corrected chi connectivity index (χ1v) is 23.6. The second-order valence-electron chi connectivity index (χ2n) is 18.8. The fraction of sp³-hybridized carbons (Fsp3) is 0.404. The van der Waals surface area contributed by atoms with Crippen molar-refractivity contribution in [2.75, 3.05) is 61.4 Å². The number of benzene rings is 4. The Morgan fingerprint density at radius 2 is 1.46 bits per heavy atom. The van der Waals surface area contributed by atoms with E-state index in [1.54, 1.807) is 36.5 Å². The average molecular weight is 912 g/mol. The standard InChI is InChI=1S/C52H55F2N7O6/c53-35-5-7-36(8-6-35)56-50(64)52(20-21-52)51(65)57-37-9-13-41(14-10-37)67-47-17-22-55-45-29-46(44(54)28-43(45)47)59-24-18-33(19-25-59)30-61-32-38-27-39(61)31-60(38)23-1-2-26-66-40-11-3-34(4-12-40)42-15-16-48(62)58-49(42)63/h3-14,17,22,28-29,33,38-39,42H,1-2,15-16,18-21,23-27,30-32H2,(H,56,64)(H,57,65)(H,58,62,63)/t38-,39-,42?/m0/s1. The lowest BCUT2D eigenvalue weighted by Crippen LogP contribution is -2.49. The molecule has 4 aliphatic heterocycles. The first kappa shape index (κ1) is 44.4. The maximum Gasteiger partial charge on any atom is 0.240 e. The van der Waals surface area contributed by atoms with E-state index in [1.165, 1.54) is 36.8 Å². The minimum atomic E-state index is -1.18. The topological polar surface area (TPSA) is 145 Å². The summed E-state index contributed by atoms with van der Waals surface area (Å²) in [4.78, 5) is 61.9. The Hall–Kier alpha value is -6.45. The van der Waals surface area contributed by atoms with Crippen LogP contribution < -0.4 is 30.3 Å². The Bertz CT molecular complexity index is 2640. The van der Waals surface area contributed by atoms with Crippen LogP contribution in [0.15, 0.2) is 97.2 Å². The van der Waals surface area contributed by atoms with E-state index in [4.69, 9.17) is 9.47 Å². The number of anilines is 3.